The fourth-order valence-electron chi connectivity index (χ4n) is 1.86. The third kappa shape index (κ3) is 5.13. The molecule has 0 aliphatic carbocycles. The van der Waals surface area contributed by atoms with Crippen LogP contribution >= 0.6 is 11.5 Å². The van der Waals surface area contributed by atoms with Gasteiger partial charge in [-0.25, -0.2) is 4.98 Å². The maximum Gasteiger partial charge on any atom is 0.265 e. The van der Waals surface area contributed by atoms with Crippen molar-refractivity contribution in [2.24, 2.45) is 0 Å². The molecule has 0 aromatic carbocycles. The van der Waals surface area contributed by atoms with E-state index in [9.17, 15) is 4.79 Å². The molecule has 2 rings (SSSR count). The smallest absolute Gasteiger partial charge is 0.265 e. The molecule has 1 amide bonds. The van der Waals surface area contributed by atoms with Gasteiger partial charge in [-0.1, -0.05) is 11.4 Å². The number of aryl methyl sites for hydroxylation is 2. The SMILES string of the molecule is CCCNc1cc(C)nc(NCCNC(=O)c2snnc2C)n1. The Hall–Kier alpha value is -2.29. The number of carbonyl (C=O) groups is 1. The summed E-state index contributed by atoms with van der Waals surface area (Å²) in [6.07, 6.45) is 1.03. The number of amides is 1. The van der Waals surface area contributed by atoms with Crippen LogP contribution in [0.25, 0.3) is 0 Å². The van der Waals surface area contributed by atoms with Gasteiger partial charge in [0.2, 0.25) is 5.95 Å². The van der Waals surface area contributed by atoms with Gasteiger partial charge >= 0.3 is 0 Å². The molecule has 2 heterocycles. The van der Waals surface area contributed by atoms with Crippen LogP contribution in [0.4, 0.5) is 11.8 Å². The summed E-state index contributed by atoms with van der Waals surface area (Å²) in [4.78, 5) is 21.2. The van der Waals surface area contributed by atoms with Crippen molar-refractivity contribution < 1.29 is 4.79 Å². The summed E-state index contributed by atoms with van der Waals surface area (Å²) in [5.41, 5.74) is 1.53. The van der Waals surface area contributed by atoms with E-state index in [-0.39, 0.29) is 5.91 Å². The van der Waals surface area contributed by atoms with Crippen LogP contribution in [0.5, 0.6) is 0 Å². The summed E-state index contributed by atoms with van der Waals surface area (Å²) < 4.78 is 3.75. The van der Waals surface area contributed by atoms with Crippen molar-refractivity contribution in [3.05, 3.63) is 22.3 Å². The predicted molar refractivity (Wildman–Crippen MR) is 91.0 cm³/mol. The minimum absolute atomic E-state index is 0.158. The van der Waals surface area contributed by atoms with E-state index in [0.717, 1.165) is 36.0 Å². The first-order valence-corrected chi connectivity index (χ1v) is 8.28. The third-order valence-corrected chi connectivity index (χ3v) is 3.79. The lowest BCUT2D eigenvalue weighted by molar-refractivity contribution is 0.0958. The quantitative estimate of drug-likeness (QED) is 0.629. The van der Waals surface area contributed by atoms with E-state index in [2.05, 4.69) is 42.4 Å². The van der Waals surface area contributed by atoms with Gasteiger partial charge in [0.1, 0.15) is 10.7 Å². The van der Waals surface area contributed by atoms with Crippen molar-refractivity contribution in [1.29, 1.82) is 0 Å². The van der Waals surface area contributed by atoms with E-state index >= 15 is 0 Å². The zero-order valence-electron chi connectivity index (χ0n) is 13.5. The van der Waals surface area contributed by atoms with Crippen LogP contribution in [0.1, 0.15) is 34.4 Å². The lowest BCUT2D eigenvalue weighted by atomic mass is 10.4. The molecule has 0 aliphatic rings. The summed E-state index contributed by atoms with van der Waals surface area (Å²) in [7, 11) is 0. The zero-order chi connectivity index (χ0) is 16.7. The highest BCUT2D eigenvalue weighted by atomic mass is 32.1. The average molecular weight is 335 g/mol. The maximum absolute atomic E-state index is 11.9. The van der Waals surface area contributed by atoms with E-state index in [1.54, 1.807) is 6.92 Å². The summed E-state index contributed by atoms with van der Waals surface area (Å²) >= 11 is 1.10. The van der Waals surface area contributed by atoms with Crippen LogP contribution in [-0.2, 0) is 0 Å². The van der Waals surface area contributed by atoms with Crippen molar-refractivity contribution in [3.63, 3.8) is 0 Å². The highest BCUT2D eigenvalue weighted by molar-refractivity contribution is 7.07. The first-order valence-electron chi connectivity index (χ1n) is 7.50. The molecule has 2 aromatic rings. The fraction of sp³-hybridized carbons (Fsp3) is 0.500. The van der Waals surface area contributed by atoms with Crippen LogP contribution < -0.4 is 16.0 Å². The van der Waals surface area contributed by atoms with Crippen molar-refractivity contribution in [3.8, 4) is 0 Å². The highest BCUT2D eigenvalue weighted by Crippen LogP contribution is 2.10. The normalized spacial score (nSPS) is 10.4. The predicted octanol–water partition coefficient (Wildman–Crippen LogP) is 1.61. The highest BCUT2D eigenvalue weighted by Gasteiger charge is 2.12. The molecule has 0 fully saturated rings. The molecule has 8 nitrogen and oxygen atoms in total. The molecule has 0 aliphatic heterocycles. The van der Waals surface area contributed by atoms with Crippen LogP contribution in [0.15, 0.2) is 6.07 Å². The average Bonchev–Trinajstić information content (AvgIpc) is 2.95. The van der Waals surface area contributed by atoms with Crippen molar-refractivity contribution in [2.45, 2.75) is 27.2 Å². The van der Waals surface area contributed by atoms with Gasteiger partial charge in [-0.3, -0.25) is 4.79 Å². The van der Waals surface area contributed by atoms with Gasteiger partial charge in [0.25, 0.3) is 5.91 Å². The minimum atomic E-state index is -0.158. The molecule has 0 bridgehead atoms. The number of anilines is 2. The number of rotatable bonds is 8. The van der Waals surface area contributed by atoms with E-state index in [1.807, 2.05) is 13.0 Å². The van der Waals surface area contributed by atoms with Gasteiger partial charge < -0.3 is 16.0 Å². The van der Waals surface area contributed by atoms with Crippen LogP contribution in [0, 0.1) is 13.8 Å². The van der Waals surface area contributed by atoms with E-state index < -0.39 is 0 Å². The summed E-state index contributed by atoms with van der Waals surface area (Å²) in [6.45, 7) is 7.66. The molecule has 2 aromatic heterocycles. The van der Waals surface area contributed by atoms with Gasteiger partial charge in [-0.2, -0.15) is 4.98 Å². The molecule has 3 N–H and O–H groups in total. The number of aromatic nitrogens is 4. The van der Waals surface area contributed by atoms with Gasteiger partial charge in [0.15, 0.2) is 0 Å². The van der Waals surface area contributed by atoms with Crippen molar-refractivity contribution >= 4 is 29.2 Å². The molecule has 0 radical (unpaired) electrons. The fourth-order valence-corrected chi connectivity index (χ4v) is 2.43. The molecule has 9 heteroatoms. The Morgan fingerprint density at radius 1 is 1.17 bits per heavy atom. The molecule has 0 unspecified atom stereocenters. The molecule has 23 heavy (non-hydrogen) atoms. The standard InChI is InChI=1S/C14H21N7OS/c1-4-5-15-11-8-9(2)18-14(19-11)17-7-6-16-13(22)12-10(3)20-21-23-12/h8H,4-7H2,1-3H3,(H,16,22)(H2,15,17,18,19). The molecule has 0 spiro atoms. The van der Waals surface area contributed by atoms with Crippen LogP contribution in [0.2, 0.25) is 0 Å². The third-order valence-electron chi connectivity index (χ3n) is 2.96. The summed E-state index contributed by atoms with van der Waals surface area (Å²) in [5, 5.41) is 13.0. The monoisotopic (exact) mass is 335 g/mol. The Morgan fingerprint density at radius 3 is 2.70 bits per heavy atom. The molecule has 0 saturated heterocycles. The van der Waals surface area contributed by atoms with Gasteiger partial charge in [-0.05, 0) is 31.8 Å². The molecule has 0 atom stereocenters. The number of carbonyl (C=O) groups excluding carboxylic acids is 1. The van der Waals surface area contributed by atoms with Crippen LogP contribution in [0.3, 0.4) is 0 Å². The lowest BCUT2D eigenvalue weighted by Crippen LogP contribution is -2.29. The van der Waals surface area contributed by atoms with Gasteiger partial charge in [0, 0.05) is 31.4 Å². The van der Waals surface area contributed by atoms with Gasteiger partial charge in [0.05, 0.1) is 5.69 Å². The first-order chi connectivity index (χ1) is 11.1. The molecule has 0 saturated carbocycles. The topological polar surface area (TPSA) is 105 Å². The van der Waals surface area contributed by atoms with Crippen molar-refractivity contribution in [2.75, 3.05) is 30.3 Å². The number of nitrogens with one attached hydrogen (secondary N) is 3. The Morgan fingerprint density at radius 2 is 2.00 bits per heavy atom. The van der Waals surface area contributed by atoms with E-state index in [4.69, 9.17) is 0 Å². The largest absolute Gasteiger partial charge is 0.370 e. The van der Waals surface area contributed by atoms with E-state index in [0.29, 0.717) is 29.6 Å². The second-order valence-electron chi connectivity index (χ2n) is 5.02. The summed E-state index contributed by atoms with van der Waals surface area (Å²) in [6, 6.07) is 1.90. The number of hydrogen-bond donors (Lipinski definition) is 3. The Bertz CT molecular complexity index is 658. The Kier molecular flexibility index (Phi) is 6.21. The lowest BCUT2D eigenvalue weighted by Gasteiger charge is -2.09. The second-order valence-corrected chi connectivity index (χ2v) is 5.77. The van der Waals surface area contributed by atoms with Gasteiger partial charge in [-0.15, -0.1) is 5.10 Å². The van der Waals surface area contributed by atoms with Crippen LogP contribution in [-0.4, -0.2) is 45.1 Å². The Labute approximate surface area is 139 Å². The molecular weight excluding hydrogens is 314 g/mol. The first kappa shape index (κ1) is 17.1. The van der Waals surface area contributed by atoms with E-state index in [1.165, 1.54) is 0 Å². The molecule has 124 valence electrons. The maximum atomic E-state index is 11.9. The number of nitrogens with zero attached hydrogens (tertiary/aromatic N) is 4. The molecular formula is C14H21N7OS. The zero-order valence-corrected chi connectivity index (χ0v) is 14.3. The summed E-state index contributed by atoms with van der Waals surface area (Å²) in [5.74, 6) is 1.19. The second kappa shape index (κ2) is 8.37. The minimum Gasteiger partial charge on any atom is -0.370 e. The van der Waals surface area contributed by atoms with Crippen molar-refractivity contribution in [1.82, 2.24) is 24.9 Å². The number of hydrogen-bond acceptors (Lipinski definition) is 8. The Balaban J connectivity index is 1.81.